The first-order valence-electron chi connectivity index (χ1n) is 6.44. The molecule has 0 aliphatic carbocycles. The average Bonchev–Trinajstić information content (AvgIpc) is 2.37. The van der Waals surface area contributed by atoms with Crippen LogP contribution in [0.5, 0.6) is 5.75 Å². The Hall–Kier alpha value is -1.94. The third-order valence-corrected chi connectivity index (χ3v) is 2.89. The zero-order valence-corrected chi connectivity index (χ0v) is 11.4. The van der Waals surface area contributed by atoms with Crippen LogP contribution < -0.4 is 10.5 Å². The van der Waals surface area contributed by atoms with Gasteiger partial charge in [-0.05, 0) is 37.6 Å². The van der Waals surface area contributed by atoms with E-state index < -0.39 is 17.7 Å². The molecule has 2 aromatic rings. The van der Waals surface area contributed by atoms with Crippen molar-refractivity contribution in [2.45, 2.75) is 26.0 Å². The molecule has 0 amide bonds. The van der Waals surface area contributed by atoms with Crippen molar-refractivity contribution in [1.29, 1.82) is 0 Å². The Bertz CT molecular complexity index is 599. The maximum absolute atomic E-state index is 13.7. The van der Waals surface area contributed by atoms with E-state index in [1.54, 1.807) is 18.2 Å². The summed E-state index contributed by atoms with van der Waals surface area (Å²) in [5.74, 6) is -0.585. The molecule has 0 aliphatic heterocycles. The fourth-order valence-corrected chi connectivity index (χ4v) is 1.99. The van der Waals surface area contributed by atoms with Crippen molar-refractivity contribution >= 4 is 0 Å². The van der Waals surface area contributed by atoms with Crippen molar-refractivity contribution in [3.8, 4) is 5.75 Å². The smallest absolute Gasteiger partial charge is 0.131 e. The van der Waals surface area contributed by atoms with Gasteiger partial charge < -0.3 is 10.5 Å². The lowest BCUT2D eigenvalue weighted by Gasteiger charge is -2.16. The van der Waals surface area contributed by atoms with Gasteiger partial charge in [0.2, 0.25) is 0 Å². The average molecular weight is 277 g/mol. The molecule has 1 atom stereocenters. The van der Waals surface area contributed by atoms with Gasteiger partial charge >= 0.3 is 0 Å². The summed E-state index contributed by atoms with van der Waals surface area (Å²) in [5, 5.41) is 0. The molecule has 106 valence electrons. The Kier molecular flexibility index (Phi) is 4.35. The van der Waals surface area contributed by atoms with Gasteiger partial charge in [0.05, 0.1) is 12.1 Å². The molecule has 0 fully saturated rings. The zero-order valence-electron chi connectivity index (χ0n) is 11.4. The van der Waals surface area contributed by atoms with Gasteiger partial charge in [-0.2, -0.15) is 0 Å². The van der Waals surface area contributed by atoms with Crippen molar-refractivity contribution in [2.75, 3.05) is 0 Å². The van der Waals surface area contributed by atoms with Crippen LogP contribution in [0.2, 0.25) is 0 Å². The third-order valence-electron chi connectivity index (χ3n) is 2.89. The van der Waals surface area contributed by atoms with E-state index in [0.29, 0.717) is 11.3 Å². The Morgan fingerprint density at radius 3 is 2.45 bits per heavy atom. The first-order chi connectivity index (χ1) is 9.47. The highest BCUT2D eigenvalue weighted by atomic mass is 19.1. The van der Waals surface area contributed by atoms with E-state index in [0.717, 1.165) is 6.07 Å². The summed E-state index contributed by atoms with van der Waals surface area (Å²) < 4.78 is 32.2. The second kappa shape index (κ2) is 6.01. The first kappa shape index (κ1) is 14.5. The molecule has 0 spiro atoms. The van der Waals surface area contributed by atoms with Crippen molar-refractivity contribution in [3.63, 3.8) is 0 Å². The third kappa shape index (κ3) is 3.33. The molecule has 2 rings (SSSR count). The van der Waals surface area contributed by atoms with E-state index >= 15 is 0 Å². The normalized spacial score (nSPS) is 12.5. The standard InChI is InChI=1S/C16H17F2NO/c1-10(2)20-13-5-3-4-11(8-13)16(19)14-7-6-12(17)9-15(14)18/h3-10,16H,19H2,1-2H3. The summed E-state index contributed by atoms with van der Waals surface area (Å²) in [7, 11) is 0. The molecule has 0 heterocycles. The molecular weight excluding hydrogens is 260 g/mol. The van der Waals surface area contributed by atoms with E-state index in [-0.39, 0.29) is 11.7 Å². The monoisotopic (exact) mass is 277 g/mol. The fourth-order valence-electron chi connectivity index (χ4n) is 1.99. The van der Waals surface area contributed by atoms with Crippen molar-refractivity contribution in [1.82, 2.24) is 0 Å². The van der Waals surface area contributed by atoms with E-state index in [1.807, 2.05) is 19.9 Å². The molecule has 4 heteroatoms. The Balaban J connectivity index is 2.30. The summed E-state index contributed by atoms with van der Waals surface area (Å²) >= 11 is 0. The Morgan fingerprint density at radius 2 is 1.80 bits per heavy atom. The SMILES string of the molecule is CC(C)Oc1cccc(C(N)c2ccc(F)cc2F)c1. The van der Waals surface area contributed by atoms with Gasteiger partial charge in [0.1, 0.15) is 17.4 Å². The minimum absolute atomic E-state index is 0.0454. The van der Waals surface area contributed by atoms with Crippen LogP contribution in [0.15, 0.2) is 42.5 Å². The van der Waals surface area contributed by atoms with Crippen LogP contribution in [-0.2, 0) is 0 Å². The largest absolute Gasteiger partial charge is 0.491 e. The van der Waals surface area contributed by atoms with Gasteiger partial charge in [-0.1, -0.05) is 18.2 Å². The predicted octanol–water partition coefficient (Wildman–Crippen LogP) is 3.80. The second-order valence-electron chi connectivity index (χ2n) is 4.88. The van der Waals surface area contributed by atoms with E-state index in [4.69, 9.17) is 10.5 Å². The lowest BCUT2D eigenvalue weighted by atomic mass is 9.99. The van der Waals surface area contributed by atoms with Gasteiger partial charge in [-0.3, -0.25) is 0 Å². The molecule has 0 saturated carbocycles. The minimum Gasteiger partial charge on any atom is -0.491 e. The molecule has 0 radical (unpaired) electrons. The van der Waals surface area contributed by atoms with Gasteiger partial charge in [0.15, 0.2) is 0 Å². The summed E-state index contributed by atoms with van der Waals surface area (Å²) in [4.78, 5) is 0. The van der Waals surface area contributed by atoms with E-state index in [1.165, 1.54) is 12.1 Å². The summed E-state index contributed by atoms with van der Waals surface area (Å²) in [6.07, 6.45) is 0.0454. The molecule has 2 aromatic carbocycles. The quantitative estimate of drug-likeness (QED) is 0.922. The number of hydrogen-bond acceptors (Lipinski definition) is 2. The number of hydrogen-bond donors (Lipinski definition) is 1. The van der Waals surface area contributed by atoms with Gasteiger partial charge in [0, 0.05) is 11.6 Å². The molecule has 2 N–H and O–H groups in total. The lowest BCUT2D eigenvalue weighted by molar-refractivity contribution is 0.242. The van der Waals surface area contributed by atoms with Crippen LogP contribution in [0.1, 0.15) is 31.0 Å². The van der Waals surface area contributed by atoms with Crippen LogP contribution >= 0.6 is 0 Å². The molecule has 0 aliphatic rings. The molecule has 0 bridgehead atoms. The highest BCUT2D eigenvalue weighted by Gasteiger charge is 2.15. The summed E-state index contributed by atoms with van der Waals surface area (Å²) in [5.41, 5.74) is 7.02. The second-order valence-corrected chi connectivity index (χ2v) is 4.88. The molecular formula is C16H17F2NO. The molecule has 2 nitrogen and oxygen atoms in total. The Morgan fingerprint density at radius 1 is 1.05 bits per heavy atom. The van der Waals surface area contributed by atoms with Gasteiger partial charge in [-0.15, -0.1) is 0 Å². The maximum atomic E-state index is 13.7. The van der Waals surface area contributed by atoms with Gasteiger partial charge in [0.25, 0.3) is 0 Å². The molecule has 20 heavy (non-hydrogen) atoms. The maximum Gasteiger partial charge on any atom is 0.131 e. The zero-order chi connectivity index (χ0) is 14.7. The van der Waals surface area contributed by atoms with E-state index in [9.17, 15) is 8.78 Å². The topological polar surface area (TPSA) is 35.2 Å². The Labute approximate surface area is 117 Å². The number of rotatable bonds is 4. The lowest BCUT2D eigenvalue weighted by Crippen LogP contribution is -2.14. The predicted molar refractivity (Wildman–Crippen MR) is 74.6 cm³/mol. The number of halogens is 2. The van der Waals surface area contributed by atoms with Crippen molar-refractivity contribution in [2.24, 2.45) is 5.73 Å². The summed E-state index contributed by atoms with van der Waals surface area (Å²) in [6, 6.07) is 9.92. The van der Waals surface area contributed by atoms with E-state index in [2.05, 4.69) is 0 Å². The van der Waals surface area contributed by atoms with Crippen LogP contribution in [0, 0.1) is 11.6 Å². The fraction of sp³-hybridized carbons (Fsp3) is 0.250. The minimum atomic E-state index is -0.661. The van der Waals surface area contributed by atoms with Crippen molar-refractivity contribution in [3.05, 3.63) is 65.2 Å². The summed E-state index contributed by atoms with van der Waals surface area (Å²) in [6.45, 7) is 3.85. The number of nitrogens with two attached hydrogens (primary N) is 1. The highest BCUT2D eigenvalue weighted by Crippen LogP contribution is 2.25. The van der Waals surface area contributed by atoms with Gasteiger partial charge in [-0.25, -0.2) is 8.78 Å². The van der Waals surface area contributed by atoms with Crippen LogP contribution in [0.25, 0.3) is 0 Å². The number of ether oxygens (including phenoxy) is 1. The number of benzene rings is 2. The first-order valence-corrected chi connectivity index (χ1v) is 6.44. The van der Waals surface area contributed by atoms with Crippen LogP contribution in [0.4, 0.5) is 8.78 Å². The molecule has 0 aromatic heterocycles. The van der Waals surface area contributed by atoms with Crippen LogP contribution in [-0.4, -0.2) is 6.10 Å². The van der Waals surface area contributed by atoms with Crippen LogP contribution in [0.3, 0.4) is 0 Å². The molecule has 1 unspecified atom stereocenters. The molecule has 0 saturated heterocycles. The van der Waals surface area contributed by atoms with Crippen molar-refractivity contribution < 1.29 is 13.5 Å². The highest BCUT2D eigenvalue weighted by molar-refractivity contribution is 5.37.